The van der Waals surface area contributed by atoms with Gasteiger partial charge in [0.05, 0.1) is 16.3 Å². The van der Waals surface area contributed by atoms with E-state index in [1.807, 2.05) is 6.92 Å². The van der Waals surface area contributed by atoms with E-state index < -0.39 is 21.9 Å². The predicted octanol–water partition coefficient (Wildman–Crippen LogP) is 3.61. The molecule has 1 aromatic heterocycles. The van der Waals surface area contributed by atoms with Gasteiger partial charge in [0, 0.05) is 26.6 Å². The van der Waals surface area contributed by atoms with Crippen molar-refractivity contribution in [3.63, 3.8) is 0 Å². The van der Waals surface area contributed by atoms with Crippen LogP contribution in [0.25, 0.3) is 16.9 Å². The second-order valence-electron chi connectivity index (χ2n) is 7.14. The molecule has 1 amide bonds. The minimum atomic E-state index is -4.61. The molecule has 0 aliphatic rings. The Labute approximate surface area is 184 Å². The summed E-state index contributed by atoms with van der Waals surface area (Å²) < 4.78 is 63.2. The number of sulfonamides is 1. The van der Waals surface area contributed by atoms with Crippen LogP contribution >= 0.6 is 0 Å². The summed E-state index contributed by atoms with van der Waals surface area (Å²) in [4.78, 5) is 11.5. The number of benzene rings is 2. The number of aromatic nitrogens is 2. The number of rotatable bonds is 3. The average molecular weight is 469 g/mol. The Hall–Kier alpha value is -3.18. The summed E-state index contributed by atoms with van der Waals surface area (Å²) in [6, 6.07) is 13.1. The minimum Gasteiger partial charge on any atom is -0.349 e. The van der Waals surface area contributed by atoms with Gasteiger partial charge in [0.2, 0.25) is 15.9 Å². The van der Waals surface area contributed by atoms with Crippen LogP contribution in [-0.2, 0) is 21.0 Å². The number of nitrogens with zero attached hydrogens (tertiary/aromatic N) is 3. The minimum absolute atomic E-state index is 0.0926. The summed E-state index contributed by atoms with van der Waals surface area (Å²) >= 11 is 0. The quantitative estimate of drug-likeness (QED) is 0.635. The molecule has 3 aromatic rings. The van der Waals surface area contributed by atoms with E-state index in [2.05, 4.69) is 5.10 Å². The first-order valence-electron chi connectivity index (χ1n) is 9.25. The first kappa shape index (κ1) is 25.1. The number of amides is 1. The van der Waals surface area contributed by atoms with Gasteiger partial charge in [0.25, 0.3) is 0 Å². The maximum atomic E-state index is 13.1. The molecule has 2 N–H and O–H groups in total. The number of hydrogen-bond donors (Lipinski definition) is 1. The van der Waals surface area contributed by atoms with Gasteiger partial charge in [-0.05, 0) is 37.3 Å². The van der Waals surface area contributed by atoms with Crippen molar-refractivity contribution in [3.8, 4) is 16.9 Å². The topological polar surface area (TPSA) is 98.3 Å². The SMILES string of the molecule is CC(=O)N(C)C.Cc1ccc(-c2cc(C(F)(F)F)nn2-c2ccc(S(N)(=O)=O)cc2)cc1. The Kier molecular flexibility index (Phi) is 7.47. The first-order chi connectivity index (χ1) is 14.7. The number of primary sulfonamides is 1. The van der Waals surface area contributed by atoms with Gasteiger partial charge in [-0.15, -0.1) is 0 Å². The number of aryl methyl sites for hydroxylation is 1. The smallest absolute Gasteiger partial charge is 0.349 e. The van der Waals surface area contributed by atoms with Crippen molar-refractivity contribution in [2.24, 2.45) is 5.14 Å². The number of carbonyl (C=O) groups excluding carboxylic acids is 1. The lowest BCUT2D eigenvalue weighted by Crippen LogP contribution is -2.17. The third kappa shape index (κ3) is 6.41. The standard InChI is InChI=1S/C17H14F3N3O2S.C4H9NO/c1-11-2-4-12(5-3-11)15-10-16(17(18,19)20)22-23(15)13-6-8-14(9-7-13)26(21,24)25;1-4(6)5(2)3/h2-10H,1H3,(H2,21,24,25);1-3H3. The Morgan fingerprint density at radius 3 is 1.94 bits per heavy atom. The van der Waals surface area contributed by atoms with Crippen molar-refractivity contribution in [3.05, 3.63) is 65.9 Å². The first-order valence-corrected chi connectivity index (χ1v) is 10.8. The average Bonchev–Trinajstić information content (AvgIpc) is 3.14. The third-order valence-corrected chi connectivity index (χ3v) is 5.32. The van der Waals surface area contributed by atoms with E-state index in [0.29, 0.717) is 5.56 Å². The van der Waals surface area contributed by atoms with Crippen molar-refractivity contribution in [2.75, 3.05) is 14.1 Å². The van der Waals surface area contributed by atoms with Crippen LogP contribution in [0.15, 0.2) is 59.5 Å². The molecule has 7 nitrogen and oxygen atoms in total. The van der Waals surface area contributed by atoms with E-state index in [0.717, 1.165) is 16.3 Å². The number of nitrogens with two attached hydrogens (primary N) is 1. The van der Waals surface area contributed by atoms with Gasteiger partial charge in [0.1, 0.15) is 0 Å². The highest BCUT2D eigenvalue weighted by Crippen LogP contribution is 2.33. The van der Waals surface area contributed by atoms with Crippen molar-refractivity contribution in [1.29, 1.82) is 0 Å². The lowest BCUT2D eigenvalue weighted by molar-refractivity contribution is -0.141. The molecule has 0 fully saturated rings. The molecule has 0 bridgehead atoms. The highest BCUT2D eigenvalue weighted by Gasteiger charge is 2.35. The fraction of sp³-hybridized carbons (Fsp3) is 0.238. The number of alkyl halides is 3. The van der Waals surface area contributed by atoms with E-state index in [1.54, 1.807) is 38.4 Å². The van der Waals surface area contributed by atoms with Gasteiger partial charge < -0.3 is 4.90 Å². The molecule has 0 saturated heterocycles. The Morgan fingerprint density at radius 1 is 1.03 bits per heavy atom. The zero-order valence-corrected chi connectivity index (χ0v) is 18.7. The van der Waals surface area contributed by atoms with Crippen LogP contribution < -0.4 is 5.14 Å². The summed E-state index contributed by atoms with van der Waals surface area (Å²) in [5, 5.41) is 8.70. The van der Waals surface area contributed by atoms with E-state index >= 15 is 0 Å². The van der Waals surface area contributed by atoms with Gasteiger partial charge in [-0.25, -0.2) is 18.2 Å². The van der Waals surface area contributed by atoms with Gasteiger partial charge in [-0.2, -0.15) is 18.3 Å². The Balaban J connectivity index is 0.000000534. The summed E-state index contributed by atoms with van der Waals surface area (Å²) in [6.07, 6.45) is -4.61. The lowest BCUT2D eigenvalue weighted by atomic mass is 10.1. The van der Waals surface area contributed by atoms with Crippen LogP contribution in [0, 0.1) is 6.92 Å². The van der Waals surface area contributed by atoms with Crippen LogP contribution in [0.2, 0.25) is 0 Å². The molecular formula is C21H23F3N4O3S. The van der Waals surface area contributed by atoms with Gasteiger partial charge >= 0.3 is 6.18 Å². The highest BCUT2D eigenvalue weighted by molar-refractivity contribution is 7.89. The maximum Gasteiger partial charge on any atom is 0.435 e. The van der Waals surface area contributed by atoms with Gasteiger partial charge in [-0.1, -0.05) is 29.8 Å². The molecule has 0 radical (unpaired) electrons. The lowest BCUT2D eigenvalue weighted by Gasteiger charge is -2.09. The van der Waals surface area contributed by atoms with Crippen molar-refractivity contribution in [2.45, 2.75) is 24.9 Å². The highest BCUT2D eigenvalue weighted by atomic mass is 32.2. The molecule has 1 heterocycles. The molecule has 3 rings (SSSR count). The van der Waals surface area contributed by atoms with E-state index in [-0.39, 0.29) is 22.2 Å². The second kappa shape index (κ2) is 9.53. The molecule has 0 aliphatic heterocycles. The zero-order chi connectivity index (χ0) is 24.3. The number of carbonyl (C=O) groups is 1. The predicted molar refractivity (Wildman–Crippen MR) is 114 cm³/mol. The summed E-state index contributed by atoms with van der Waals surface area (Å²) in [5.74, 6) is 0.0926. The van der Waals surface area contributed by atoms with Crippen LogP contribution in [-0.4, -0.2) is 43.1 Å². The van der Waals surface area contributed by atoms with Crippen LogP contribution in [0.3, 0.4) is 0 Å². The molecule has 0 saturated carbocycles. The molecular weight excluding hydrogens is 445 g/mol. The monoisotopic (exact) mass is 468 g/mol. The zero-order valence-electron chi connectivity index (χ0n) is 17.9. The summed E-state index contributed by atoms with van der Waals surface area (Å²) in [6.45, 7) is 3.40. The Morgan fingerprint density at radius 2 is 1.53 bits per heavy atom. The fourth-order valence-electron chi connectivity index (χ4n) is 2.42. The number of hydrogen-bond acceptors (Lipinski definition) is 4. The van der Waals surface area contributed by atoms with Crippen molar-refractivity contribution >= 4 is 15.9 Å². The fourth-order valence-corrected chi connectivity index (χ4v) is 2.94. The van der Waals surface area contributed by atoms with Gasteiger partial charge in [0.15, 0.2) is 5.69 Å². The molecule has 172 valence electrons. The molecule has 11 heteroatoms. The molecule has 0 spiro atoms. The maximum absolute atomic E-state index is 13.1. The Bertz CT molecular complexity index is 1180. The molecule has 0 atom stereocenters. The molecule has 2 aromatic carbocycles. The van der Waals surface area contributed by atoms with Crippen molar-refractivity contribution in [1.82, 2.24) is 14.7 Å². The van der Waals surface area contributed by atoms with E-state index in [4.69, 9.17) is 5.14 Å². The van der Waals surface area contributed by atoms with E-state index in [1.165, 1.54) is 36.1 Å². The molecule has 32 heavy (non-hydrogen) atoms. The van der Waals surface area contributed by atoms with Crippen molar-refractivity contribution < 1.29 is 26.4 Å². The van der Waals surface area contributed by atoms with Gasteiger partial charge in [-0.3, -0.25) is 4.79 Å². The summed E-state index contributed by atoms with van der Waals surface area (Å²) in [7, 11) is -0.447. The molecule has 0 unspecified atom stereocenters. The van der Waals surface area contributed by atoms with E-state index in [9.17, 15) is 26.4 Å². The largest absolute Gasteiger partial charge is 0.435 e. The van der Waals surface area contributed by atoms with Crippen LogP contribution in [0.4, 0.5) is 13.2 Å². The normalized spacial score (nSPS) is 11.5. The molecule has 0 aliphatic carbocycles. The van der Waals surface area contributed by atoms with Crippen LogP contribution in [0.5, 0.6) is 0 Å². The summed E-state index contributed by atoms with van der Waals surface area (Å²) in [5.41, 5.74) is 0.996. The second-order valence-corrected chi connectivity index (χ2v) is 8.70. The van der Waals surface area contributed by atoms with Crippen LogP contribution in [0.1, 0.15) is 18.2 Å². The number of halogens is 3. The third-order valence-electron chi connectivity index (χ3n) is 4.39.